The molecule has 2 heterocycles. The molecule has 3 aromatic carbocycles. The van der Waals surface area contributed by atoms with Crippen LogP contribution in [0.1, 0.15) is 50.4 Å². The zero-order valence-corrected chi connectivity index (χ0v) is 30.6. The van der Waals surface area contributed by atoms with Gasteiger partial charge in [0.2, 0.25) is 0 Å². The fourth-order valence-electron chi connectivity index (χ4n) is 4.93. The van der Waals surface area contributed by atoms with Crippen molar-refractivity contribution in [2.75, 3.05) is 13.7 Å². The van der Waals surface area contributed by atoms with E-state index in [0.717, 1.165) is 20.4 Å². The molecule has 1 aliphatic rings. The monoisotopic (exact) mass is 850 g/mol. The lowest BCUT2D eigenvalue weighted by Crippen LogP contribution is -2.40. The van der Waals surface area contributed by atoms with Crippen molar-refractivity contribution in [3.05, 3.63) is 115 Å². The SMILES string of the molecule is CCOC(=O)C1=C(C)N=c2s/c(=C\c3ccc(OCc4ccc(I)cc4)c(I)c3)c(=O)n2[C@@H]1c1ccc(OC(C)C)c(OC)c1. The van der Waals surface area contributed by atoms with E-state index < -0.39 is 12.0 Å². The number of carbonyl (C=O) groups is 1. The molecule has 1 aromatic heterocycles. The van der Waals surface area contributed by atoms with Crippen molar-refractivity contribution in [3.63, 3.8) is 0 Å². The van der Waals surface area contributed by atoms with E-state index in [1.165, 1.54) is 14.9 Å². The molecule has 0 bridgehead atoms. The van der Waals surface area contributed by atoms with Crippen LogP contribution >= 0.6 is 56.5 Å². The maximum Gasteiger partial charge on any atom is 0.338 e. The summed E-state index contributed by atoms with van der Waals surface area (Å²) in [6, 6.07) is 18.7. The van der Waals surface area contributed by atoms with Gasteiger partial charge in [0, 0.05) is 3.57 Å². The number of hydrogen-bond acceptors (Lipinski definition) is 8. The number of rotatable bonds is 10. The third-order valence-electron chi connectivity index (χ3n) is 6.94. The lowest BCUT2D eigenvalue weighted by atomic mass is 9.95. The molecule has 234 valence electrons. The number of carbonyl (C=O) groups excluding carboxylic acids is 1. The van der Waals surface area contributed by atoms with E-state index in [1.807, 2.05) is 44.2 Å². The highest BCUT2D eigenvalue weighted by atomic mass is 127. The number of allylic oxidation sites excluding steroid dienone is 1. The molecular formula is C34H32I2N2O6S. The molecule has 0 unspecified atom stereocenters. The molecule has 0 aliphatic carbocycles. The second-order valence-electron chi connectivity index (χ2n) is 10.5. The van der Waals surface area contributed by atoms with E-state index in [-0.39, 0.29) is 18.3 Å². The van der Waals surface area contributed by atoms with Crippen LogP contribution in [0, 0.1) is 7.14 Å². The topological polar surface area (TPSA) is 88.4 Å². The molecule has 0 N–H and O–H groups in total. The highest BCUT2D eigenvalue weighted by Crippen LogP contribution is 2.36. The number of aromatic nitrogens is 1. The van der Waals surface area contributed by atoms with Gasteiger partial charge in [0.1, 0.15) is 12.4 Å². The zero-order chi connectivity index (χ0) is 32.2. The maximum atomic E-state index is 14.1. The van der Waals surface area contributed by atoms with Crippen molar-refractivity contribution in [2.24, 2.45) is 4.99 Å². The molecule has 0 saturated carbocycles. The van der Waals surface area contributed by atoms with Gasteiger partial charge in [-0.1, -0.05) is 35.6 Å². The summed E-state index contributed by atoms with van der Waals surface area (Å²) in [5, 5.41) is 0. The van der Waals surface area contributed by atoms with Gasteiger partial charge in [0.15, 0.2) is 16.3 Å². The van der Waals surface area contributed by atoms with Crippen molar-refractivity contribution >= 4 is 68.6 Å². The first-order valence-electron chi connectivity index (χ1n) is 14.3. The summed E-state index contributed by atoms with van der Waals surface area (Å²) in [5.41, 5.74) is 3.16. The Hall–Kier alpha value is -3.17. The Morgan fingerprint density at radius 3 is 2.44 bits per heavy atom. The quantitative estimate of drug-likeness (QED) is 0.136. The number of hydrogen-bond donors (Lipinski definition) is 0. The Labute approximate surface area is 292 Å². The standard InChI is InChI=1S/C34H32I2N2O6S/c1-6-42-33(40)30-20(4)37-34-38(31(30)23-10-14-27(44-19(2)3)28(17-23)41-5)32(39)29(45-34)16-22-9-13-26(25(36)15-22)43-18-21-7-11-24(35)12-8-21/h7-17,19,31H,6,18H2,1-5H3/b29-16-/t31-/m1/s1. The zero-order valence-electron chi connectivity index (χ0n) is 25.4. The first-order chi connectivity index (χ1) is 21.6. The molecule has 11 heteroatoms. The average molecular weight is 851 g/mol. The molecule has 5 rings (SSSR count). The summed E-state index contributed by atoms with van der Waals surface area (Å²) >= 11 is 5.80. The van der Waals surface area contributed by atoms with Gasteiger partial charge >= 0.3 is 5.97 Å². The van der Waals surface area contributed by atoms with E-state index in [4.69, 9.17) is 18.9 Å². The van der Waals surface area contributed by atoms with Gasteiger partial charge in [-0.2, -0.15) is 0 Å². The van der Waals surface area contributed by atoms with Gasteiger partial charge in [0.25, 0.3) is 5.56 Å². The third kappa shape index (κ3) is 7.46. The van der Waals surface area contributed by atoms with E-state index in [9.17, 15) is 9.59 Å². The molecule has 0 fully saturated rings. The molecule has 0 amide bonds. The molecule has 1 aliphatic heterocycles. The van der Waals surface area contributed by atoms with Crippen LogP contribution in [0.15, 0.2) is 81.7 Å². The minimum atomic E-state index is -0.762. The van der Waals surface area contributed by atoms with Crippen LogP contribution in [0.2, 0.25) is 0 Å². The second kappa shape index (κ2) is 14.5. The van der Waals surface area contributed by atoms with Gasteiger partial charge < -0.3 is 18.9 Å². The Morgan fingerprint density at radius 2 is 1.78 bits per heavy atom. The first kappa shape index (κ1) is 33.2. The van der Waals surface area contributed by atoms with Crippen LogP contribution in [-0.2, 0) is 16.1 Å². The fourth-order valence-corrected chi connectivity index (χ4v) is 7.03. The molecule has 8 nitrogen and oxygen atoms in total. The lowest BCUT2D eigenvalue weighted by molar-refractivity contribution is -0.139. The van der Waals surface area contributed by atoms with Crippen molar-refractivity contribution in [2.45, 2.75) is 46.4 Å². The average Bonchev–Trinajstić information content (AvgIpc) is 3.30. The molecule has 45 heavy (non-hydrogen) atoms. The van der Waals surface area contributed by atoms with Crippen LogP contribution < -0.4 is 29.1 Å². The number of ether oxygens (including phenoxy) is 4. The summed E-state index contributed by atoms with van der Waals surface area (Å²) in [6.07, 6.45) is 1.78. The van der Waals surface area contributed by atoms with E-state index in [1.54, 1.807) is 37.7 Å². The molecule has 1 atom stereocenters. The van der Waals surface area contributed by atoms with Gasteiger partial charge in [-0.25, -0.2) is 9.79 Å². The van der Waals surface area contributed by atoms with Gasteiger partial charge in [-0.05, 0) is 132 Å². The first-order valence-corrected chi connectivity index (χ1v) is 17.3. The minimum absolute atomic E-state index is 0.0590. The van der Waals surface area contributed by atoms with Crippen molar-refractivity contribution in [3.8, 4) is 17.2 Å². The number of halogens is 2. The Balaban J connectivity index is 1.54. The second-order valence-corrected chi connectivity index (χ2v) is 13.9. The van der Waals surface area contributed by atoms with Crippen molar-refractivity contribution < 1.29 is 23.7 Å². The van der Waals surface area contributed by atoms with Crippen LogP contribution in [0.4, 0.5) is 0 Å². The third-order valence-corrected chi connectivity index (χ3v) is 9.49. The smallest absolute Gasteiger partial charge is 0.338 e. The van der Waals surface area contributed by atoms with Crippen molar-refractivity contribution in [1.82, 2.24) is 4.57 Å². The summed E-state index contributed by atoms with van der Waals surface area (Å²) < 4.78 is 27.2. The number of esters is 1. The molecule has 4 aromatic rings. The summed E-state index contributed by atoms with van der Waals surface area (Å²) in [7, 11) is 1.56. The van der Waals surface area contributed by atoms with Gasteiger partial charge in [-0.15, -0.1) is 0 Å². The predicted molar refractivity (Wildman–Crippen MR) is 192 cm³/mol. The largest absolute Gasteiger partial charge is 0.493 e. The van der Waals surface area contributed by atoms with Crippen LogP contribution in [-0.4, -0.2) is 30.4 Å². The van der Waals surface area contributed by atoms with Crippen LogP contribution in [0.3, 0.4) is 0 Å². The molecule has 0 saturated heterocycles. The lowest BCUT2D eigenvalue weighted by Gasteiger charge is -2.25. The Bertz CT molecular complexity index is 1950. The molecule has 0 radical (unpaired) electrons. The summed E-state index contributed by atoms with van der Waals surface area (Å²) in [5.74, 6) is 1.32. The number of benzene rings is 3. The highest BCUT2D eigenvalue weighted by molar-refractivity contribution is 14.1. The number of thiazole rings is 1. The van der Waals surface area contributed by atoms with Crippen LogP contribution in [0.25, 0.3) is 6.08 Å². The van der Waals surface area contributed by atoms with Gasteiger partial charge in [-0.3, -0.25) is 9.36 Å². The molecule has 0 spiro atoms. The van der Waals surface area contributed by atoms with Crippen LogP contribution in [0.5, 0.6) is 17.2 Å². The summed E-state index contributed by atoms with van der Waals surface area (Å²) in [4.78, 5) is 32.5. The number of methoxy groups -OCH3 is 1. The normalized spacial score (nSPS) is 14.7. The maximum absolute atomic E-state index is 14.1. The predicted octanol–water partition coefficient (Wildman–Crippen LogP) is 6.38. The summed E-state index contributed by atoms with van der Waals surface area (Å²) in [6.45, 7) is 8.04. The van der Waals surface area contributed by atoms with Gasteiger partial charge in [0.05, 0.1) is 45.2 Å². The van der Waals surface area contributed by atoms with Crippen molar-refractivity contribution in [1.29, 1.82) is 0 Å². The number of fused-ring (bicyclic) bond motifs is 1. The fraction of sp³-hybridized carbons (Fsp3) is 0.265. The highest BCUT2D eigenvalue weighted by Gasteiger charge is 2.34. The number of nitrogens with zero attached hydrogens (tertiary/aromatic N) is 2. The van der Waals surface area contributed by atoms with E-state index in [0.29, 0.717) is 44.3 Å². The Kier molecular flexibility index (Phi) is 10.7. The van der Waals surface area contributed by atoms with E-state index >= 15 is 0 Å². The van der Waals surface area contributed by atoms with E-state index in [2.05, 4.69) is 74.4 Å². The Morgan fingerprint density at radius 1 is 1.04 bits per heavy atom. The minimum Gasteiger partial charge on any atom is -0.493 e. The molecular weight excluding hydrogens is 818 g/mol.